The van der Waals surface area contributed by atoms with Crippen molar-refractivity contribution in [2.24, 2.45) is 0 Å². The van der Waals surface area contributed by atoms with Crippen molar-refractivity contribution in [1.29, 1.82) is 0 Å². The molecule has 0 fully saturated rings. The molecule has 1 unspecified atom stereocenters. The van der Waals surface area contributed by atoms with Crippen LogP contribution in [0.25, 0.3) is 0 Å². The molecule has 1 N–H and O–H groups in total. The Morgan fingerprint density at radius 1 is 1.10 bits per heavy atom. The molecule has 0 radical (unpaired) electrons. The number of nitrogens with zero attached hydrogens (tertiary/aromatic N) is 2. The van der Waals surface area contributed by atoms with Gasteiger partial charge in [-0.05, 0) is 45.0 Å². The molecule has 2 aromatic rings. The highest BCUT2D eigenvalue weighted by atomic mass is 15.1. The Labute approximate surface area is 128 Å². The summed E-state index contributed by atoms with van der Waals surface area (Å²) in [4.78, 5) is 6.85. The van der Waals surface area contributed by atoms with Gasteiger partial charge in [0, 0.05) is 24.8 Å². The molecule has 0 amide bonds. The van der Waals surface area contributed by atoms with Gasteiger partial charge in [-0.15, -0.1) is 0 Å². The molecule has 2 rings (SSSR count). The Morgan fingerprint density at radius 3 is 2.57 bits per heavy atom. The van der Waals surface area contributed by atoms with Crippen molar-refractivity contribution in [1.82, 2.24) is 9.88 Å². The molecule has 21 heavy (non-hydrogen) atoms. The lowest BCUT2D eigenvalue weighted by molar-refractivity contribution is 0.242. The average molecular weight is 283 g/mol. The van der Waals surface area contributed by atoms with E-state index in [1.807, 2.05) is 25.1 Å². The Hall–Kier alpha value is -1.87. The first-order chi connectivity index (χ1) is 10.1. The van der Waals surface area contributed by atoms with Gasteiger partial charge in [-0.2, -0.15) is 0 Å². The van der Waals surface area contributed by atoms with E-state index in [4.69, 9.17) is 0 Å². The van der Waals surface area contributed by atoms with Crippen LogP contribution in [-0.2, 0) is 6.54 Å². The van der Waals surface area contributed by atoms with E-state index in [1.165, 1.54) is 5.56 Å². The van der Waals surface area contributed by atoms with E-state index in [0.29, 0.717) is 6.04 Å². The maximum absolute atomic E-state index is 4.46. The summed E-state index contributed by atoms with van der Waals surface area (Å²) in [5.41, 5.74) is 2.41. The van der Waals surface area contributed by atoms with Crippen LogP contribution in [0.15, 0.2) is 48.5 Å². The topological polar surface area (TPSA) is 28.2 Å². The molecule has 0 bridgehead atoms. The highest BCUT2D eigenvalue weighted by Gasteiger charge is 2.09. The molecule has 1 atom stereocenters. The van der Waals surface area contributed by atoms with Gasteiger partial charge in [0.25, 0.3) is 0 Å². The summed E-state index contributed by atoms with van der Waals surface area (Å²) in [7, 11) is 2.18. The molecule has 3 nitrogen and oxygen atoms in total. The van der Waals surface area contributed by atoms with Crippen molar-refractivity contribution in [2.75, 3.05) is 18.9 Å². The fourth-order valence-electron chi connectivity index (χ4n) is 2.30. The molecule has 1 aromatic heterocycles. The lowest BCUT2D eigenvalue weighted by Crippen LogP contribution is -2.30. The third kappa shape index (κ3) is 5.20. The van der Waals surface area contributed by atoms with Gasteiger partial charge in [0.1, 0.15) is 5.82 Å². The number of rotatable bonds is 7. The van der Waals surface area contributed by atoms with Gasteiger partial charge in [0.15, 0.2) is 0 Å². The van der Waals surface area contributed by atoms with E-state index in [-0.39, 0.29) is 0 Å². The number of anilines is 1. The number of aryl methyl sites for hydroxylation is 1. The molecule has 3 heteroatoms. The van der Waals surface area contributed by atoms with Crippen molar-refractivity contribution in [2.45, 2.75) is 32.9 Å². The second-order valence-corrected chi connectivity index (χ2v) is 5.63. The zero-order valence-electron chi connectivity index (χ0n) is 13.2. The van der Waals surface area contributed by atoms with Crippen molar-refractivity contribution in [3.63, 3.8) is 0 Å². The molecule has 0 saturated carbocycles. The third-order valence-electron chi connectivity index (χ3n) is 3.78. The highest BCUT2D eigenvalue weighted by Crippen LogP contribution is 2.09. The van der Waals surface area contributed by atoms with E-state index in [1.54, 1.807) is 0 Å². The van der Waals surface area contributed by atoms with Crippen molar-refractivity contribution in [3.8, 4) is 0 Å². The number of hydrogen-bond donors (Lipinski definition) is 1. The fraction of sp³-hybridized carbons (Fsp3) is 0.389. The Kier molecular flexibility index (Phi) is 5.76. The quantitative estimate of drug-likeness (QED) is 0.839. The van der Waals surface area contributed by atoms with Crippen LogP contribution in [0.2, 0.25) is 0 Å². The number of pyridine rings is 1. The molecular weight excluding hydrogens is 258 g/mol. The van der Waals surface area contributed by atoms with Crippen molar-refractivity contribution in [3.05, 3.63) is 59.8 Å². The maximum Gasteiger partial charge on any atom is 0.126 e. The van der Waals surface area contributed by atoms with Crippen molar-refractivity contribution < 1.29 is 0 Å². The summed E-state index contributed by atoms with van der Waals surface area (Å²) in [5, 5.41) is 3.40. The summed E-state index contributed by atoms with van der Waals surface area (Å²) in [6.45, 7) is 6.22. The molecule has 0 aliphatic rings. The smallest absolute Gasteiger partial charge is 0.126 e. The third-order valence-corrected chi connectivity index (χ3v) is 3.78. The van der Waals surface area contributed by atoms with Gasteiger partial charge < -0.3 is 5.32 Å². The number of aromatic nitrogens is 1. The van der Waals surface area contributed by atoms with Crippen LogP contribution in [0.5, 0.6) is 0 Å². The Balaban J connectivity index is 1.75. The summed E-state index contributed by atoms with van der Waals surface area (Å²) in [6.07, 6.45) is 1.10. The monoisotopic (exact) mass is 283 g/mol. The minimum Gasteiger partial charge on any atom is -0.370 e. The van der Waals surface area contributed by atoms with Crippen LogP contribution in [0.3, 0.4) is 0 Å². The minimum absolute atomic E-state index is 0.530. The molecule has 0 aliphatic carbocycles. The van der Waals surface area contributed by atoms with Crippen LogP contribution in [0.1, 0.15) is 24.6 Å². The molecule has 112 valence electrons. The summed E-state index contributed by atoms with van der Waals surface area (Å²) >= 11 is 0. The predicted molar refractivity (Wildman–Crippen MR) is 89.5 cm³/mol. The molecule has 0 saturated heterocycles. The average Bonchev–Trinajstić information content (AvgIpc) is 2.48. The normalized spacial score (nSPS) is 12.4. The van der Waals surface area contributed by atoms with Gasteiger partial charge in [0.2, 0.25) is 0 Å². The number of nitrogens with one attached hydrogen (secondary N) is 1. The number of hydrogen-bond acceptors (Lipinski definition) is 3. The second kappa shape index (κ2) is 7.79. The molecular formula is C18H25N3. The molecule has 1 heterocycles. The van der Waals surface area contributed by atoms with Gasteiger partial charge in [-0.25, -0.2) is 4.98 Å². The lowest BCUT2D eigenvalue weighted by atomic mass is 10.1. The van der Waals surface area contributed by atoms with Gasteiger partial charge >= 0.3 is 0 Å². The first-order valence-corrected chi connectivity index (χ1v) is 7.57. The fourth-order valence-corrected chi connectivity index (χ4v) is 2.30. The second-order valence-electron chi connectivity index (χ2n) is 5.63. The van der Waals surface area contributed by atoms with Crippen LogP contribution < -0.4 is 5.32 Å². The van der Waals surface area contributed by atoms with Gasteiger partial charge in [0.05, 0.1) is 0 Å². The van der Waals surface area contributed by atoms with Crippen LogP contribution >= 0.6 is 0 Å². The first-order valence-electron chi connectivity index (χ1n) is 7.57. The molecule has 1 aromatic carbocycles. The van der Waals surface area contributed by atoms with Crippen molar-refractivity contribution >= 4 is 5.82 Å². The summed E-state index contributed by atoms with van der Waals surface area (Å²) in [5.74, 6) is 0.966. The van der Waals surface area contributed by atoms with Gasteiger partial charge in [-0.3, -0.25) is 4.90 Å². The molecule has 0 aliphatic heterocycles. The largest absolute Gasteiger partial charge is 0.370 e. The standard InChI is InChI=1S/C18H25N3/c1-15-8-7-11-18(20-15)19-13-12-16(2)21(3)14-17-9-5-4-6-10-17/h4-11,16H,12-14H2,1-3H3,(H,19,20). The minimum atomic E-state index is 0.530. The lowest BCUT2D eigenvalue weighted by Gasteiger charge is -2.25. The summed E-state index contributed by atoms with van der Waals surface area (Å²) in [6, 6.07) is 17.2. The Morgan fingerprint density at radius 2 is 1.86 bits per heavy atom. The predicted octanol–water partition coefficient (Wildman–Crippen LogP) is 3.71. The highest BCUT2D eigenvalue weighted by molar-refractivity contribution is 5.34. The van der Waals surface area contributed by atoms with Crippen LogP contribution in [0, 0.1) is 6.92 Å². The van der Waals surface area contributed by atoms with E-state index >= 15 is 0 Å². The zero-order valence-corrected chi connectivity index (χ0v) is 13.2. The van der Waals surface area contributed by atoms with E-state index in [0.717, 1.165) is 31.0 Å². The molecule has 0 spiro atoms. The summed E-state index contributed by atoms with van der Waals surface area (Å²) < 4.78 is 0. The van der Waals surface area contributed by atoms with E-state index < -0.39 is 0 Å². The Bertz CT molecular complexity index is 539. The number of benzene rings is 1. The SMILES string of the molecule is Cc1cccc(NCCC(C)N(C)Cc2ccccc2)n1. The van der Waals surface area contributed by atoms with Crippen LogP contribution in [0.4, 0.5) is 5.82 Å². The first kappa shape index (κ1) is 15.5. The van der Waals surface area contributed by atoms with E-state index in [9.17, 15) is 0 Å². The maximum atomic E-state index is 4.46. The van der Waals surface area contributed by atoms with E-state index in [2.05, 4.69) is 59.5 Å². The van der Waals surface area contributed by atoms with Gasteiger partial charge in [-0.1, -0.05) is 36.4 Å². The van der Waals surface area contributed by atoms with Crippen LogP contribution in [-0.4, -0.2) is 29.5 Å². The zero-order chi connectivity index (χ0) is 15.1.